The number of halogens is 1. The lowest BCUT2D eigenvalue weighted by molar-refractivity contribution is 0.217. The number of benzene rings is 1. The van der Waals surface area contributed by atoms with Crippen molar-refractivity contribution in [3.05, 3.63) is 51.7 Å². The SMILES string of the molecule is COCCS(=O)(=O)c1ccc(CNc2nc3cnc(Cl)nc3n([C@@H](C)C3CC3)c2=O)cc1. The Morgan fingerprint density at radius 3 is 2.62 bits per heavy atom. The number of sulfone groups is 1. The van der Waals surface area contributed by atoms with Gasteiger partial charge in [-0.1, -0.05) is 12.1 Å². The van der Waals surface area contributed by atoms with Gasteiger partial charge in [-0.2, -0.15) is 4.98 Å². The second-order valence-corrected chi connectivity index (χ2v) is 10.3. The number of hydrogen-bond acceptors (Lipinski definition) is 8. The van der Waals surface area contributed by atoms with Crippen LogP contribution in [0.1, 0.15) is 31.4 Å². The summed E-state index contributed by atoms with van der Waals surface area (Å²) in [7, 11) is -1.93. The maximum absolute atomic E-state index is 13.2. The first kappa shape index (κ1) is 22.6. The second-order valence-electron chi connectivity index (χ2n) is 7.87. The van der Waals surface area contributed by atoms with Gasteiger partial charge in [0.25, 0.3) is 5.56 Å². The maximum atomic E-state index is 13.2. The molecule has 2 aromatic heterocycles. The van der Waals surface area contributed by atoms with Crippen LogP contribution in [0, 0.1) is 5.92 Å². The Balaban J connectivity index is 1.59. The first-order valence-corrected chi connectivity index (χ1v) is 12.3. The van der Waals surface area contributed by atoms with E-state index in [4.69, 9.17) is 16.3 Å². The average Bonchev–Trinajstić information content (AvgIpc) is 3.62. The van der Waals surface area contributed by atoms with Crippen LogP contribution in [0.25, 0.3) is 11.2 Å². The highest BCUT2D eigenvalue weighted by atomic mass is 35.5. The van der Waals surface area contributed by atoms with Gasteiger partial charge in [-0.25, -0.2) is 18.4 Å². The van der Waals surface area contributed by atoms with E-state index in [9.17, 15) is 13.2 Å². The zero-order chi connectivity index (χ0) is 22.9. The highest BCUT2D eigenvalue weighted by Gasteiger charge is 2.31. The normalized spacial score (nSPS) is 15.1. The van der Waals surface area contributed by atoms with Gasteiger partial charge in [0.1, 0.15) is 5.52 Å². The van der Waals surface area contributed by atoms with E-state index in [1.165, 1.54) is 13.3 Å². The Bertz CT molecular complexity index is 1290. The van der Waals surface area contributed by atoms with Crippen molar-refractivity contribution in [1.29, 1.82) is 0 Å². The molecule has 0 aliphatic heterocycles. The molecule has 1 fully saturated rings. The number of ether oxygens (including phenoxy) is 1. The molecule has 32 heavy (non-hydrogen) atoms. The molecule has 1 saturated carbocycles. The quantitative estimate of drug-likeness (QED) is 0.467. The van der Waals surface area contributed by atoms with Gasteiger partial charge in [0.05, 0.1) is 23.5 Å². The van der Waals surface area contributed by atoms with E-state index < -0.39 is 9.84 Å². The van der Waals surface area contributed by atoms with E-state index in [1.807, 2.05) is 6.92 Å². The van der Waals surface area contributed by atoms with Crippen molar-refractivity contribution >= 4 is 38.4 Å². The van der Waals surface area contributed by atoms with Crippen molar-refractivity contribution in [3.8, 4) is 0 Å². The zero-order valence-electron chi connectivity index (χ0n) is 17.8. The number of methoxy groups -OCH3 is 1. The van der Waals surface area contributed by atoms with Crippen LogP contribution in [-0.2, 0) is 21.1 Å². The van der Waals surface area contributed by atoms with Crippen molar-refractivity contribution in [2.45, 2.75) is 37.2 Å². The van der Waals surface area contributed by atoms with E-state index in [1.54, 1.807) is 28.8 Å². The highest BCUT2D eigenvalue weighted by molar-refractivity contribution is 7.91. The number of nitrogens with one attached hydrogen (secondary N) is 1. The zero-order valence-corrected chi connectivity index (χ0v) is 19.4. The lowest BCUT2D eigenvalue weighted by Crippen LogP contribution is -2.29. The van der Waals surface area contributed by atoms with Gasteiger partial charge < -0.3 is 10.1 Å². The first-order chi connectivity index (χ1) is 15.3. The molecule has 11 heteroatoms. The third-order valence-electron chi connectivity index (χ3n) is 5.61. The maximum Gasteiger partial charge on any atom is 0.295 e. The number of nitrogens with zero attached hydrogens (tertiary/aromatic N) is 4. The van der Waals surface area contributed by atoms with Gasteiger partial charge in [-0.15, -0.1) is 0 Å². The van der Waals surface area contributed by atoms with Crippen LogP contribution >= 0.6 is 11.6 Å². The minimum Gasteiger partial charge on any atom is -0.384 e. The van der Waals surface area contributed by atoms with Crippen molar-refractivity contribution < 1.29 is 13.2 Å². The number of rotatable bonds is 9. The van der Waals surface area contributed by atoms with E-state index >= 15 is 0 Å². The molecule has 0 saturated heterocycles. The fourth-order valence-corrected chi connectivity index (χ4v) is 4.88. The van der Waals surface area contributed by atoms with Crippen LogP contribution in [0.2, 0.25) is 5.28 Å². The summed E-state index contributed by atoms with van der Waals surface area (Å²) < 4.78 is 31.0. The van der Waals surface area contributed by atoms with E-state index in [-0.39, 0.29) is 40.0 Å². The van der Waals surface area contributed by atoms with Gasteiger partial charge in [-0.05, 0) is 55.0 Å². The summed E-state index contributed by atoms with van der Waals surface area (Å²) in [5.74, 6) is 0.535. The van der Waals surface area contributed by atoms with Gasteiger partial charge in [-0.3, -0.25) is 9.36 Å². The summed E-state index contributed by atoms with van der Waals surface area (Å²) in [5.41, 5.74) is 1.44. The molecule has 9 nitrogen and oxygen atoms in total. The van der Waals surface area contributed by atoms with Crippen molar-refractivity contribution in [2.75, 3.05) is 24.8 Å². The standard InChI is InChI=1S/C21H24ClN5O4S/c1-13(15-5-6-15)27-19-17(12-24-21(22)26-19)25-18(20(27)28)23-11-14-3-7-16(8-4-14)32(29,30)10-9-31-2/h3-4,7-8,12-13,15H,5-6,9-11H2,1-2H3,(H,23,25)/t13-/m0/s1. The van der Waals surface area contributed by atoms with Crippen LogP contribution in [0.15, 0.2) is 40.2 Å². The summed E-state index contributed by atoms with van der Waals surface area (Å²) in [5, 5.41) is 3.15. The molecule has 1 atom stereocenters. The Labute approximate surface area is 190 Å². The third kappa shape index (κ3) is 4.77. The van der Waals surface area contributed by atoms with Gasteiger partial charge in [0, 0.05) is 19.7 Å². The summed E-state index contributed by atoms with van der Waals surface area (Å²) in [4.78, 5) is 26.1. The molecule has 0 spiro atoms. The number of anilines is 1. The number of aromatic nitrogens is 4. The summed E-state index contributed by atoms with van der Waals surface area (Å²) >= 11 is 5.97. The van der Waals surface area contributed by atoms with Gasteiger partial charge in [0.2, 0.25) is 5.28 Å². The fraction of sp³-hybridized carbons (Fsp3) is 0.429. The largest absolute Gasteiger partial charge is 0.384 e. The van der Waals surface area contributed by atoms with E-state index in [2.05, 4.69) is 20.3 Å². The number of fused-ring (bicyclic) bond motifs is 1. The summed E-state index contributed by atoms with van der Waals surface area (Å²) in [6.07, 6.45) is 3.64. The lowest BCUT2D eigenvalue weighted by atomic mass is 10.2. The number of hydrogen-bond donors (Lipinski definition) is 1. The molecule has 170 valence electrons. The molecule has 0 bridgehead atoms. The minimum absolute atomic E-state index is 0.0314. The molecule has 0 unspecified atom stereocenters. The molecule has 1 aromatic carbocycles. The van der Waals surface area contributed by atoms with E-state index in [0.29, 0.717) is 23.6 Å². The average molecular weight is 478 g/mol. The molecule has 1 aliphatic carbocycles. The van der Waals surface area contributed by atoms with Crippen LogP contribution in [-0.4, -0.2) is 47.4 Å². The molecule has 4 rings (SSSR count). The summed E-state index contributed by atoms with van der Waals surface area (Å²) in [6, 6.07) is 6.50. The van der Waals surface area contributed by atoms with Gasteiger partial charge >= 0.3 is 0 Å². The van der Waals surface area contributed by atoms with Crippen molar-refractivity contribution in [2.24, 2.45) is 5.92 Å². The summed E-state index contributed by atoms with van der Waals surface area (Å²) in [6.45, 7) is 2.44. The Hall–Kier alpha value is -2.56. The molecular weight excluding hydrogens is 454 g/mol. The topological polar surface area (TPSA) is 116 Å². The van der Waals surface area contributed by atoms with Crippen LogP contribution in [0.5, 0.6) is 0 Å². The Kier molecular flexibility index (Phi) is 6.45. The first-order valence-electron chi connectivity index (χ1n) is 10.3. The predicted molar refractivity (Wildman–Crippen MR) is 122 cm³/mol. The molecule has 2 heterocycles. The molecular formula is C21H24ClN5O4S. The Morgan fingerprint density at radius 1 is 1.25 bits per heavy atom. The molecule has 3 aromatic rings. The molecule has 0 radical (unpaired) electrons. The Morgan fingerprint density at radius 2 is 1.97 bits per heavy atom. The van der Waals surface area contributed by atoms with Crippen molar-refractivity contribution in [1.82, 2.24) is 19.5 Å². The smallest absolute Gasteiger partial charge is 0.295 e. The van der Waals surface area contributed by atoms with Gasteiger partial charge in [0.15, 0.2) is 21.3 Å². The molecule has 1 N–H and O–H groups in total. The molecule has 1 aliphatic rings. The molecule has 0 amide bonds. The second kappa shape index (κ2) is 9.13. The predicted octanol–water partition coefficient (Wildman–Crippen LogP) is 2.84. The van der Waals surface area contributed by atoms with Crippen LogP contribution in [0.3, 0.4) is 0 Å². The fourth-order valence-electron chi connectivity index (χ4n) is 3.57. The highest BCUT2D eigenvalue weighted by Crippen LogP contribution is 2.39. The van der Waals surface area contributed by atoms with E-state index in [0.717, 1.165) is 18.4 Å². The monoisotopic (exact) mass is 477 g/mol. The minimum atomic E-state index is -3.39. The van der Waals surface area contributed by atoms with Crippen LogP contribution < -0.4 is 10.9 Å². The van der Waals surface area contributed by atoms with Crippen LogP contribution in [0.4, 0.5) is 5.82 Å². The van der Waals surface area contributed by atoms with Crippen molar-refractivity contribution in [3.63, 3.8) is 0 Å². The lowest BCUT2D eigenvalue weighted by Gasteiger charge is -2.18. The third-order valence-corrected chi connectivity index (χ3v) is 7.49.